The number of phenolic OH excluding ortho intramolecular Hbond substituents is 1. The fraction of sp³-hybridized carbons (Fsp3) is 0.188. The molecule has 1 N–H and O–H groups in total. The Balaban J connectivity index is 2.26. The molecule has 0 radical (unpaired) electrons. The highest BCUT2D eigenvalue weighted by molar-refractivity contribution is 6.45. The van der Waals surface area contributed by atoms with E-state index in [0.29, 0.717) is 5.56 Å². The number of phenols is 1. The number of carbonyl (C=O) groups is 1. The zero-order valence-electron chi connectivity index (χ0n) is 10.7. The normalized spacial score (nSPS) is 21.1. The summed E-state index contributed by atoms with van der Waals surface area (Å²) in [5.41, 5.74) is 2.22. The van der Waals surface area contributed by atoms with Crippen LogP contribution in [0.1, 0.15) is 34.3 Å². The highest BCUT2D eigenvalue weighted by atomic mass is 35.5. The lowest BCUT2D eigenvalue weighted by Gasteiger charge is -2.16. The Hall–Kier alpha value is -1.51. The summed E-state index contributed by atoms with van der Waals surface area (Å²) >= 11 is 12.1. The number of halogens is 2. The molecule has 0 unspecified atom stereocenters. The first-order valence-corrected chi connectivity index (χ1v) is 7.08. The van der Waals surface area contributed by atoms with Gasteiger partial charge >= 0.3 is 0 Å². The Labute approximate surface area is 127 Å². The number of aromatic hydroxyl groups is 1. The summed E-state index contributed by atoms with van der Waals surface area (Å²) in [6.45, 7) is 1.88. The van der Waals surface area contributed by atoms with Crippen molar-refractivity contribution in [2.75, 3.05) is 0 Å². The molecule has 2 nitrogen and oxygen atoms in total. The van der Waals surface area contributed by atoms with Crippen molar-refractivity contribution in [2.45, 2.75) is 12.8 Å². The molecule has 0 heterocycles. The second-order valence-corrected chi connectivity index (χ2v) is 5.79. The zero-order valence-corrected chi connectivity index (χ0v) is 12.2. The van der Waals surface area contributed by atoms with E-state index in [1.54, 1.807) is 6.07 Å². The first kappa shape index (κ1) is 13.5. The van der Waals surface area contributed by atoms with E-state index in [1.165, 1.54) is 0 Å². The number of hydrogen-bond donors (Lipinski definition) is 1. The minimum Gasteiger partial charge on any atom is -0.506 e. The van der Waals surface area contributed by atoms with Crippen LogP contribution in [0.5, 0.6) is 5.75 Å². The fourth-order valence-corrected chi connectivity index (χ4v) is 3.35. The SMILES string of the molecule is C[C@H]1C(=O)c2c(cc(O)c(Cl)c2Cl)[C@H]1c1ccccc1. The van der Waals surface area contributed by atoms with E-state index in [2.05, 4.69) is 0 Å². The summed E-state index contributed by atoms with van der Waals surface area (Å²) in [5, 5.41) is 10.1. The third-order valence-corrected chi connectivity index (χ3v) is 4.73. The van der Waals surface area contributed by atoms with E-state index in [-0.39, 0.29) is 33.4 Å². The highest BCUT2D eigenvalue weighted by Gasteiger charge is 2.40. The van der Waals surface area contributed by atoms with Gasteiger partial charge in [0.05, 0.1) is 5.02 Å². The predicted molar refractivity (Wildman–Crippen MR) is 79.9 cm³/mol. The van der Waals surface area contributed by atoms with Gasteiger partial charge in [0.25, 0.3) is 0 Å². The van der Waals surface area contributed by atoms with E-state index in [9.17, 15) is 9.90 Å². The van der Waals surface area contributed by atoms with Crippen LogP contribution in [0.3, 0.4) is 0 Å². The zero-order chi connectivity index (χ0) is 14.4. The molecule has 0 saturated heterocycles. The molecule has 2 aromatic rings. The van der Waals surface area contributed by atoms with E-state index >= 15 is 0 Å². The van der Waals surface area contributed by atoms with Crippen LogP contribution in [0.15, 0.2) is 36.4 Å². The van der Waals surface area contributed by atoms with Gasteiger partial charge in [-0.25, -0.2) is 0 Å². The van der Waals surface area contributed by atoms with Gasteiger partial charge in [-0.05, 0) is 17.2 Å². The molecule has 102 valence electrons. The Morgan fingerprint density at radius 2 is 1.75 bits per heavy atom. The molecule has 0 bridgehead atoms. The molecule has 0 fully saturated rings. The van der Waals surface area contributed by atoms with Gasteiger partial charge in [-0.15, -0.1) is 0 Å². The van der Waals surface area contributed by atoms with Crippen LogP contribution in [0.25, 0.3) is 0 Å². The van der Waals surface area contributed by atoms with Crippen LogP contribution in [0.2, 0.25) is 10.0 Å². The van der Waals surface area contributed by atoms with Gasteiger partial charge in [0, 0.05) is 17.4 Å². The van der Waals surface area contributed by atoms with Gasteiger partial charge in [-0.1, -0.05) is 60.5 Å². The molecule has 2 atom stereocenters. The number of fused-ring (bicyclic) bond motifs is 1. The monoisotopic (exact) mass is 306 g/mol. The third kappa shape index (κ3) is 1.83. The molecule has 3 rings (SSSR count). The van der Waals surface area contributed by atoms with E-state index in [0.717, 1.165) is 11.1 Å². The quantitative estimate of drug-likeness (QED) is 0.831. The predicted octanol–water partition coefficient (Wildman–Crippen LogP) is 4.66. The summed E-state index contributed by atoms with van der Waals surface area (Å²) in [6.07, 6.45) is 0. The molecule has 20 heavy (non-hydrogen) atoms. The third-order valence-electron chi connectivity index (χ3n) is 3.87. The van der Waals surface area contributed by atoms with Gasteiger partial charge in [-0.2, -0.15) is 0 Å². The van der Waals surface area contributed by atoms with Crippen molar-refractivity contribution in [1.82, 2.24) is 0 Å². The number of benzene rings is 2. The van der Waals surface area contributed by atoms with Gasteiger partial charge < -0.3 is 5.11 Å². The van der Waals surface area contributed by atoms with Crippen molar-refractivity contribution in [3.8, 4) is 5.75 Å². The van der Waals surface area contributed by atoms with Gasteiger partial charge in [0.2, 0.25) is 0 Å². The topological polar surface area (TPSA) is 37.3 Å². The lowest BCUT2D eigenvalue weighted by Crippen LogP contribution is -2.10. The Kier molecular flexibility index (Phi) is 3.23. The smallest absolute Gasteiger partial charge is 0.168 e. The molecule has 0 saturated carbocycles. The lowest BCUT2D eigenvalue weighted by molar-refractivity contribution is 0.0939. The van der Waals surface area contributed by atoms with E-state index < -0.39 is 0 Å². The van der Waals surface area contributed by atoms with Crippen molar-refractivity contribution in [2.24, 2.45) is 5.92 Å². The number of rotatable bonds is 1. The van der Waals surface area contributed by atoms with E-state index in [4.69, 9.17) is 23.2 Å². The Morgan fingerprint density at radius 1 is 1.10 bits per heavy atom. The molecule has 0 aromatic heterocycles. The molecule has 1 aliphatic rings. The van der Waals surface area contributed by atoms with Crippen LogP contribution >= 0.6 is 23.2 Å². The first-order valence-electron chi connectivity index (χ1n) is 6.32. The average Bonchev–Trinajstić information content (AvgIpc) is 2.69. The molecular formula is C16H12Cl2O2. The van der Waals surface area contributed by atoms with Gasteiger partial charge in [-0.3, -0.25) is 4.79 Å². The molecule has 4 heteroatoms. The average molecular weight is 307 g/mol. The number of Topliss-reactive ketones (excluding diaryl/α,β-unsaturated/α-hetero) is 1. The second-order valence-electron chi connectivity index (χ2n) is 5.03. The second kappa shape index (κ2) is 4.80. The molecular weight excluding hydrogens is 295 g/mol. The summed E-state index contributed by atoms with van der Waals surface area (Å²) in [5.74, 6) is -0.430. The summed E-state index contributed by atoms with van der Waals surface area (Å²) in [7, 11) is 0. The van der Waals surface area contributed by atoms with E-state index in [1.807, 2.05) is 37.3 Å². The summed E-state index contributed by atoms with van der Waals surface area (Å²) in [4.78, 5) is 12.4. The highest BCUT2D eigenvalue weighted by Crippen LogP contribution is 2.49. The number of carbonyl (C=O) groups excluding carboxylic acids is 1. The Bertz CT molecular complexity index is 695. The fourth-order valence-electron chi connectivity index (χ4n) is 2.90. The maximum absolute atomic E-state index is 12.4. The molecule has 2 aromatic carbocycles. The molecule has 1 aliphatic carbocycles. The van der Waals surface area contributed by atoms with Crippen LogP contribution in [0, 0.1) is 5.92 Å². The molecule has 0 spiro atoms. The standard InChI is InChI=1S/C16H12Cl2O2/c1-8-12(9-5-3-2-4-6-9)10-7-11(19)14(17)15(18)13(10)16(8)20/h2-8,12,19H,1H3/t8-,12-/m1/s1. The van der Waals surface area contributed by atoms with Crippen LogP contribution < -0.4 is 0 Å². The van der Waals surface area contributed by atoms with Crippen molar-refractivity contribution in [3.63, 3.8) is 0 Å². The molecule has 0 amide bonds. The Morgan fingerprint density at radius 3 is 2.40 bits per heavy atom. The van der Waals surface area contributed by atoms with Crippen LogP contribution in [-0.2, 0) is 0 Å². The van der Waals surface area contributed by atoms with Gasteiger partial charge in [0.1, 0.15) is 10.8 Å². The lowest BCUT2D eigenvalue weighted by atomic mass is 9.87. The van der Waals surface area contributed by atoms with Crippen molar-refractivity contribution in [1.29, 1.82) is 0 Å². The summed E-state index contributed by atoms with van der Waals surface area (Å²) < 4.78 is 0. The molecule has 0 aliphatic heterocycles. The number of hydrogen-bond acceptors (Lipinski definition) is 2. The van der Waals surface area contributed by atoms with Crippen molar-refractivity contribution < 1.29 is 9.90 Å². The number of ketones is 1. The largest absolute Gasteiger partial charge is 0.506 e. The minimum absolute atomic E-state index is 0.0271. The van der Waals surface area contributed by atoms with Crippen molar-refractivity contribution in [3.05, 3.63) is 63.1 Å². The summed E-state index contributed by atoms with van der Waals surface area (Å²) in [6, 6.07) is 11.3. The van der Waals surface area contributed by atoms with Crippen LogP contribution in [0.4, 0.5) is 0 Å². The van der Waals surface area contributed by atoms with Gasteiger partial charge in [0.15, 0.2) is 5.78 Å². The first-order chi connectivity index (χ1) is 9.52. The maximum Gasteiger partial charge on any atom is 0.168 e. The van der Waals surface area contributed by atoms with Crippen molar-refractivity contribution >= 4 is 29.0 Å². The van der Waals surface area contributed by atoms with Crippen LogP contribution in [-0.4, -0.2) is 10.9 Å². The minimum atomic E-state index is -0.220. The maximum atomic E-state index is 12.4.